The number of hydrogen-bond donors (Lipinski definition) is 1. The molecule has 0 unspecified atom stereocenters. The lowest BCUT2D eigenvalue weighted by molar-refractivity contribution is -0.0731. The Morgan fingerprint density at radius 1 is 1.40 bits per heavy atom. The van der Waals surface area contributed by atoms with Crippen molar-refractivity contribution < 1.29 is 5.21 Å². The molecule has 0 atom stereocenters. The number of nitrogens with zero attached hydrogens (tertiary/aromatic N) is 2. The van der Waals surface area contributed by atoms with Gasteiger partial charge in [0.05, 0.1) is 12.1 Å². The quantitative estimate of drug-likeness (QED) is 0.627. The van der Waals surface area contributed by atoms with Crippen molar-refractivity contribution in [2.75, 3.05) is 7.05 Å². The first kappa shape index (κ1) is 10.4. The van der Waals surface area contributed by atoms with Gasteiger partial charge in [-0.15, -0.1) is 0 Å². The Kier molecular flexibility index (Phi) is 2.86. The Morgan fingerprint density at radius 2 is 2.13 bits per heavy atom. The van der Waals surface area contributed by atoms with E-state index in [2.05, 4.69) is 4.98 Å². The van der Waals surface area contributed by atoms with Gasteiger partial charge in [0.25, 0.3) is 0 Å². The van der Waals surface area contributed by atoms with Crippen molar-refractivity contribution in [1.29, 1.82) is 0 Å². The third-order valence-electron chi connectivity index (χ3n) is 2.15. The summed E-state index contributed by atoms with van der Waals surface area (Å²) in [5, 5.41) is 11.7. The molecule has 3 nitrogen and oxygen atoms in total. The maximum Gasteiger partial charge on any atom is 0.134 e. The lowest BCUT2D eigenvalue weighted by atomic mass is 10.1. The predicted molar refractivity (Wildman–Crippen MR) is 60.0 cm³/mol. The number of halogens is 1. The van der Waals surface area contributed by atoms with Gasteiger partial charge in [-0.3, -0.25) is 0 Å². The summed E-state index contributed by atoms with van der Waals surface area (Å²) in [6.45, 7) is 0.372. The molecule has 2 rings (SSSR count). The molecule has 2 aromatic rings. The molecule has 1 N–H and O–H groups in total. The number of hydrogen-bond acceptors (Lipinski definition) is 3. The molecule has 0 amide bonds. The summed E-state index contributed by atoms with van der Waals surface area (Å²) in [7, 11) is 1.57. The highest BCUT2D eigenvalue weighted by Gasteiger charge is 2.05. The zero-order chi connectivity index (χ0) is 10.8. The minimum absolute atomic E-state index is 0.372. The van der Waals surface area contributed by atoms with Crippen LogP contribution in [-0.2, 0) is 6.54 Å². The third-order valence-corrected chi connectivity index (χ3v) is 2.48. The van der Waals surface area contributed by atoms with E-state index in [1.54, 1.807) is 7.05 Å². The second kappa shape index (κ2) is 4.14. The van der Waals surface area contributed by atoms with Crippen molar-refractivity contribution in [2.24, 2.45) is 0 Å². The van der Waals surface area contributed by atoms with Crippen molar-refractivity contribution in [3.8, 4) is 0 Å². The minimum Gasteiger partial charge on any atom is -0.314 e. The second-order valence-electron chi connectivity index (χ2n) is 3.45. The number of rotatable bonds is 2. The second-order valence-corrected chi connectivity index (χ2v) is 3.80. The molecule has 15 heavy (non-hydrogen) atoms. The van der Waals surface area contributed by atoms with Crippen LogP contribution in [0.15, 0.2) is 30.3 Å². The fourth-order valence-corrected chi connectivity index (χ4v) is 1.70. The van der Waals surface area contributed by atoms with Gasteiger partial charge in [0.1, 0.15) is 5.15 Å². The molecule has 0 aliphatic rings. The molecule has 0 aliphatic heterocycles. The van der Waals surface area contributed by atoms with E-state index >= 15 is 0 Å². The largest absolute Gasteiger partial charge is 0.314 e. The van der Waals surface area contributed by atoms with E-state index in [0.717, 1.165) is 21.5 Å². The zero-order valence-electron chi connectivity index (χ0n) is 8.31. The zero-order valence-corrected chi connectivity index (χ0v) is 9.07. The van der Waals surface area contributed by atoms with Crippen molar-refractivity contribution in [1.82, 2.24) is 10.0 Å². The van der Waals surface area contributed by atoms with Crippen molar-refractivity contribution in [2.45, 2.75) is 6.54 Å². The van der Waals surface area contributed by atoms with Crippen molar-refractivity contribution >= 4 is 22.5 Å². The molecule has 0 spiro atoms. The van der Waals surface area contributed by atoms with Gasteiger partial charge in [0, 0.05) is 18.0 Å². The van der Waals surface area contributed by atoms with E-state index in [1.807, 2.05) is 30.3 Å². The summed E-state index contributed by atoms with van der Waals surface area (Å²) in [6, 6.07) is 9.69. The maximum atomic E-state index is 9.15. The predicted octanol–water partition coefficient (Wildman–Crippen LogP) is 2.71. The van der Waals surface area contributed by atoms with Crippen LogP contribution in [0.3, 0.4) is 0 Å². The van der Waals surface area contributed by atoms with Gasteiger partial charge in [-0.05, 0) is 12.1 Å². The molecule has 0 fully saturated rings. The molecule has 1 aromatic heterocycles. The number of para-hydroxylation sites is 1. The molecule has 1 heterocycles. The SMILES string of the molecule is CN(O)Cc1cc2ccccc2nc1Cl. The number of hydroxylamine groups is 2. The summed E-state index contributed by atoms with van der Waals surface area (Å²) in [4.78, 5) is 4.26. The van der Waals surface area contributed by atoms with E-state index in [9.17, 15) is 0 Å². The molecule has 0 radical (unpaired) electrons. The Bertz CT molecular complexity index is 485. The number of pyridine rings is 1. The summed E-state index contributed by atoms with van der Waals surface area (Å²) in [5.41, 5.74) is 1.69. The van der Waals surface area contributed by atoms with Crippen LogP contribution < -0.4 is 0 Å². The van der Waals surface area contributed by atoms with Crippen LogP contribution in [0, 0.1) is 0 Å². The van der Waals surface area contributed by atoms with Gasteiger partial charge < -0.3 is 5.21 Å². The fraction of sp³-hybridized carbons (Fsp3) is 0.182. The Hall–Kier alpha value is -1.16. The van der Waals surface area contributed by atoms with Crippen molar-refractivity contribution in [3.05, 3.63) is 41.0 Å². The number of fused-ring (bicyclic) bond motifs is 1. The lowest BCUT2D eigenvalue weighted by Gasteiger charge is -2.10. The van der Waals surface area contributed by atoms with Crippen LogP contribution in [0.4, 0.5) is 0 Å². The highest BCUT2D eigenvalue weighted by atomic mass is 35.5. The fourth-order valence-electron chi connectivity index (χ4n) is 1.49. The molecular formula is C11H11ClN2O. The summed E-state index contributed by atoms with van der Waals surface area (Å²) in [5.74, 6) is 0. The van der Waals surface area contributed by atoms with Gasteiger partial charge in [0.2, 0.25) is 0 Å². The monoisotopic (exact) mass is 222 g/mol. The Labute approximate surface area is 92.9 Å². The maximum absolute atomic E-state index is 9.15. The van der Waals surface area contributed by atoms with Gasteiger partial charge in [-0.1, -0.05) is 29.8 Å². The molecule has 4 heteroatoms. The van der Waals surface area contributed by atoms with Crippen LogP contribution in [0.25, 0.3) is 10.9 Å². The van der Waals surface area contributed by atoms with E-state index in [-0.39, 0.29) is 0 Å². The number of benzene rings is 1. The Balaban J connectivity index is 2.52. The van der Waals surface area contributed by atoms with E-state index in [1.165, 1.54) is 0 Å². The van der Waals surface area contributed by atoms with Crippen LogP contribution in [0.2, 0.25) is 5.15 Å². The smallest absolute Gasteiger partial charge is 0.134 e. The number of aromatic nitrogens is 1. The van der Waals surface area contributed by atoms with Gasteiger partial charge in [-0.2, -0.15) is 5.06 Å². The standard InChI is InChI=1S/C11H11ClN2O/c1-14(15)7-9-6-8-4-2-3-5-10(8)13-11(9)12/h2-6,15H,7H2,1H3. The van der Waals surface area contributed by atoms with Gasteiger partial charge >= 0.3 is 0 Å². The molecule has 0 saturated heterocycles. The normalized spacial score (nSPS) is 11.2. The Morgan fingerprint density at radius 3 is 2.87 bits per heavy atom. The van der Waals surface area contributed by atoms with Crippen LogP contribution in [0.1, 0.15) is 5.56 Å². The van der Waals surface area contributed by atoms with Gasteiger partial charge in [-0.25, -0.2) is 4.98 Å². The molecule has 0 saturated carbocycles. The lowest BCUT2D eigenvalue weighted by Crippen LogP contribution is -2.12. The highest BCUT2D eigenvalue weighted by molar-refractivity contribution is 6.30. The van der Waals surface area contributed by atoms with Crippen LogP contribution in [0.5, 0.6) is 0 Å². The summed E-state index contributed by atoms with van der Waals surface area (Å²) < 4.78 is 0. The summed E-state index contributed by atoms with van der Waals surface area (Å²) in [6.07, 6.45) is 0. The minimum atomic E-state index is 0.372. The van der Waals surface area contributed by atoms with Crippen molar-refractivity contribution in [3.63, 3.8) is 0 Å². The molecule has 0 aliphatic carbocycles. The average Bonchev–Trinajstić information content (AvgIpc) is 2.18. The first-order valence-corrected chi connectivity index (χ1v) is 4.99. The van der Waals surface area contributed by atoms with Crippen LogP contribution in [-0.4, -0.2) is 22.3 Å². The van der Waals surface area contributed by atoms with Crippen LogP contribution >= 0.6 is 11.6 Å². The molecule has 78 valence electrons. The third kappa shape index (κ3) is 2.26. The summed E-state index contributed by atoms with van der Waals surface area (Å²) >= 11 is 6.00. The highest BCUT2D eigenvalue weighted by Crippen LogP contribution is 2.20. The topological polar surface area (TPSA) is 36.4 Å². The molecule has 1 aromatic carbocycles. The molecule has 0 bridgehead atoms. The average molecular weight is 223 g/mol. The van der Waals surface area contributed by atoms with E-state index < -0.39 is 0 Å². The first-order valence-electron chi connectivity index (χ1n) is 4.61. The first-order chi connectivity index (χ1) is 7.16. The molecular weight excluding hydrogens is 212 g/mol. The van der Waals surface area contributed by atoms with Gasteiger partial charge in [0.15, 0.2) is 0 Å². The van der Waals surface area contributed by atoms with E-state index in [4.69, 9.17) is 16.8 Å². The van der Waals surface area contributed by atoms with E-state index in [0.29, 0.717) is 11.7 Å².